The number of fused-ring (bicyclic) bond motifs is 1. The van der Waals surface area contributed by atoms with Gasteiger partial charge in [0.15, 0.2) is 0 Å². The first-order valence-corrected chi connectivity index (χ1v) is 15.3. The minimum atomic E-state index is -2.91. The molecule has 175 valence electrons. The molecule has 0 saturated carbocycles. The molecular formula is C29H21N2O4Sn. The molecular weight excluding hydrogens is 559 g/mol. The van der Waals surface area contributed by atoms with E-state index in [0.29, 0.717) is 17.0 Å². The Balaban J connectivity index is 1.59. The van der Waals surface area contributed by atoms with Crippen LogP contribution in [0.15, 0.2) is 120 Å². The van der Waals surface area contributed by atoms with Crippen LogP contribution in [-0.4, -0.2) is 36.4 Å². The summed E-state index contributed by atoms with van der Waals surface area (Å²) in [5.74, 6) is 0.550. The minimum absolute atomic E-state index is 0.0788. The number of hydrogen-bond donors (Lipinski definition) is 1. The zero-order valence-corrected chi connectivity index (χ0v) is 22.0. The molecule has 7 heteroatoms. The molecule has 0 spiro atoms. The molecule has 0 aliphatic carbocycles. The number of non-ortho nitro benzene ring substituents is 1. The fourth-order valence-corrected chi connectivity index (χ4v) is 9.51. The average molecular weight is 580 g/mol. The van der Waals surface area contributed by atoms with E-state index in [4.69, 9.17) is 3.07 Å². The summed E-state index contributed by atoms with van der Waals surface area (Å²) in [7, 11) is 0. The van der Waals surface area contributed by atoms with Gasteiger partial charge < -0.3 is 0 Å². The maximum absolute atomic E-state index is 11.5. The van der Waals surface area contributed by atoms with E-state index in [9.17, 15) is 15.2 Å². The van der Waals surface area contributed by atoms with E-state index in [0.717, 1.165) is 17.9 Å². The van der Waals surface area contributed by atoms with E-state index in [2.05, 4.69) is 29.3 Å². The summed E-state index contributed by atoms with van der Waals surface area (Å²) >= 11 is -2.91. The molecule has 0 amide bonds. The molecule has 0 unspecified atom stereocenters. The van der Waals surface area contributed by atoms with Gasteiger partial charge in [-0.05, 0) is 0 Å². The molecule has 36 heavy (non-hydrogen) atoms. The van der Waals surface area contributed by atoms with E-state index >= 15 is 0 Å². The molecule has 0 fully saturated rings. The first-order valence-electron chi connectivity index (χ1n) is 11.3. The van der Waals surface area contributed by atoms with Crippen molar-refractivity contribution in [1.29, 1.82) is 0 Å². The van der Waals surface area contributed by atoms with Crippen molar-refractivity contribution in [3.05, 3.63) is 131 Å². The fourth-order valence-electron chi connectivity index (χ4n) is 3.93. The Hall–Kier alpha value is -4.17. The normalized spacial score (nSPS) is 11.2. The number of aliphatic imine (C=N–C) groups is 1. The Morgan fingerprint density at radius 2 is 1.44 bits per heavy atom. The number of benzene rings is 5. The zero-order valence-electron chi connectivity index (χ0n) is 19.1. The summed E-state index contributed by atoms with van der Waals surface area (Å²) in [5, 5.41) is 23.8. The van der Waals surface area contributed by atoms with Crippen LogP contribution in [0.5, 0.6) is 11.5 Å². The van der Waals surface area contributed by atoms with Crippen LogP contribution in [0.4, 0.5) is 11.4 Å². The molecule has 6 nitrogen and oxygen atoms in total. The SMILES string of the molecule is O=[N+]([O-])c1ccc([O][Sn]([c]2ccccc2)[c]2ccccc2)c(N=Cc2c(O)ccc3ccccc23)c1. The standard InChI is InChI=1S/C17H12N2O4.2C6H5.Sn/c20-16-7-5-11-3-1-2-4-13(11)14(16)10-18-15-9-12(19(22)23)6-8-17(15)21;2*1-2-4-6-5-3-1;/h1-10,20-21H;2*1-5H;/q;;;+1/p-1. The van der Waals surface area contributed by atoms with Gasteiger partial charge in [-0.1, -0.05) is 0 Å². The number of rotatable bonds is 7. The molecule has 0 aliphatic heterocycles. The summed E-state index contributed by atoms with van der Waals surface area (Å²) in [4.78, 5) is 15.7. The van der Waals surface area contributed by atoms with Gasteiger partial charge in [-0.2, -0.15) is 0 Å². The van der Waals surface area contributed by atoms with E-state index in [-0.39, 0.29) is 11.4 Å². The summed E-state index contributed by atoms with van der Waals surface area (Å²) in [5.41, 5.74) is 0.790. The molecule has 0 aliphatic rings. The number of phenols is 1. The molecule has 1 radical (unpaired) electrons. The summed E-state index contributed by atoms with van der Waals surface area (Å²) in [6.45, 7) is 0. The van der Waals surface area contributed by atoms with Crippen molar-refractivity contribution >= 4 is 55.7 Å². The quantitative estimate of drug-likeness (QED) is 0.121. The number of nitro groups is 1. The van der Waals surface area contributed by atoms with Crippen LogP contribution < -0.4 is 10.2 Å². The third-order valence-corrected chi connectivity index (χ3v) is 11.8. The molecule has 0 heterocycles. The first-order chi connectivity index (χ1) is 17.6. The molecule has 5 aromatic carbocycles. The second-order valence-corrected chi connectivity index (χ2v) is 13.8. The van der Waals surface area contributed by atoms with Gasteiger partial charge >= 0.3 is 216 Å². The summed E-state index contributed by atoms with van der Waals surface area (Å²) in [6, 6.07) is 35.7. The van der Waals surface area contributed by atoms with Crippen molar-refractivity contribution in [3.63, 3.8) is 0 Å². The Morgan fingerprint density at radius 3 is 2.11 bits per heavy atom. The third-order valence-electron chi connectivity index (χ3n) is 5.72. The average Bonchev–Trinajstić information content (AvgIpc) is 2.92. The first kappa shape index (κ1) is 23.6. The summed E-state index contributed by atoms with van der Waals surface area (Å²) < 4.78 is 8.92. The van der Waals surface area contributed by atoms with Gasteiger partial charge in [-0.3, -0.25) is 0 Å². The molecule has 1 N–H and O–H groups in total. The van der Waals surface area contributed by atoms with Gasteiger partial charge in [0, 0.05) is 0 Å². The molecule has 5 rings (SSSR count). The molecule has 0 aromatic heterocycles. The second-order valence-electron chi connectivity index (χ2n) is 8.05. The van der Waals surface area contributed by atoms with E-state index in [1.54, 1.807) is 12.1 Å². The van der Waals surface area contributed by atoms with Crippen LogP contribution in [0.3, 0.4) is 0 Å². The van der Waals surface area contributed by atoms with E-state index in [1.165, 1.54) is 18.3 Å². The Morgan fingerprint density at radius 1 is 0.806 bits per heavy atom. The Bertz CT molecular complexity index is 1520. The molecule has 0 saturated heterocycles. The topological polar surface area (TPSA) is 85.0 Å². The van der Waals surface area contributed by atoms with Crippen molar-refractivity contribution < 1.29 is 13.1 Å². The molecule has 0 bridgehead atoms. The number of nitrogens with zero attached hydrogens (tertiary/aromatic N) is 2. The van der Waals surface area contributed by atoms with Gasteiger partial charge in [0.2, 0.25) is 0 Å². The second kappa shape index (κ2) is 10.6. The maximum atomic E-state index is 11.5. The molecule has 5 aromatic rings. The monoisotopic (exact) mass is 581 g/mol. The van der Waals surface area contributed by atoms with E-state index < -0.39 is 25.1 Å². The van der Waals surface area contributed by atoms with Gasteiger partial charge in [0.05, 0.1) is 0 Å². The van der Waals surface area contributed by atoms with Gasteiger partial charge in [0.1, 0.15) is 0 Å². The number of nitro benzene ring substituents is 1. The van der Waals surface area contributed by atoms with Crippen molar-refractivity contribution in [3.8, 4) is 11.5 Å². The number of hydrogen-bond acceptors (Lipinski definition) is 5. The predicted octanol–water partition coefficient (Wildman–Crippen LogP) is 5.39. The van der Waals surface area contributed by atoms with Crippen molar-refractivity contribution in [2.45, 2.75) is 0 Å². The van der Waals surface area contributed by atoms with Gasteiger partial charge in [0.25, 0.3) is 0 Å². The Labute approximate surface area is 215 Å². The number of aromatic hydroxyl groups is 1. The predicted molar refractivity (Wildman–Crippen MR) is 144 cm³/mol. The Kier molecular flexibility index (Phi) is 6.95. The van der Waals surface area contributed by atoms with Crippen LogP contribution in [0.1, 0.15) is 5.56 Å². The summed E-state index contributed by atoms with van der Waals surface area (Å²) in [6.07, 6.45) is 1.54. The van der Waals surface area contributed by atoms with Gasteiger partial charge in [-0.25, -0.2) is 0 Å². The van der Waals surface area contributed by atoms with Crippen molar-refractivity contribution in [2.75, 3.05) is 0 Å². The van der Waals surface area contributed by atoms with E-state index in [1.807, 2.05) is 66.7 Å². The molecule has 0 atom stereocenters. The van der Waals surface area contributed by atoms with Crippen molar-refractivity contribution in [2.24, 2.45) is 4.99 Å². The third kappa shape index (κ3) is 5.08. The van der Waals surface area contributed by atoms with Crippen LogP contribution in [-0.2, 0) is 0 Å². The van der Waals surface area contributed by atoms with Gasteiger partial charge in [-0.15, -0.1) is 0 Å². The van der Waals surface area contributed by atoms with Crippen LogP contribution in [0.2, 0.25) is 0 Å². The number of phenolic OH excluding ortho intramolecular Hbond substituents is 1. The van der Waals surface area contributed by atoms with Crippen LogP contribution in [0, 0.1) is 10.1 Å². The zero-order chi connectivity index (χ0) is 24.9. The fraction of sp³-hybridized carbons (Fsp3) is 0. The van der Waals surface area contributed by atoms with Crippen molar-refractivity contribution in [1.82, 2.24) is 0 Å². The van der Waals surface area contributed by atoms with Crippen LogP contribution in [0.25, 0.3) is 10.8 Å². The van der Waals surface area contributed by atoms with Crippen LogP contribution >= 0.6 is 0 Å².